The van der Waals surface area contributed by atoms with E-state index >= 15 is 0 Å². The summed E-state index contributed by atoms with van der Waals surface area (Å²) in [6, 6.07) is 0. The van der Waals surface area contributed by atoms with Crippen molar-refractivity contribution in [1.82, 2.24) is 19.9 Å². The van der Waals surface area contributed by atoms with Gasteiger partial charge in [0.2, 0.25) is 11.8 Å². The molecule has 1 fully saturated rings. The number of carboxylic acid groups (broad SMARTS) is 1. The minimum Gasteiger partial charge on any atom is -0.481 e. The van der Waals surface area contributed by atoms with Gasteiger partial charge in [-0.3, -0.25) is 14.4 Å². The van der Waals surface area contributed by atoms with Crippen LogP contribution in [-0.2, 0) is 25.7 Å². The quantitative estimate of drug-likeness (QED) is 0.706. The number of likely N-dealkylation sites (N-methyl/N-ethyl adjacent to an activating group) is 1. The molecule has 1 unspecified atom stereocenters. The summed E-state index contributed by atoms with van der Waals surface area (Å²) in [6.45, 7) is 2.05. The van der Waals surface area contributed by atoms with Crippen molar-refractivity contribution >= 4 is 17.8 Å². The van der Waals surface area contributed by atoms with Crippen LogP contribution in [0.3, 0.4) is 0 Å². The Morgan fingerprint density at radius 3 is 2.84 bits per heavy atom. The van der Waals surface area contributed by atoms with Crippen molar-refractivity contribution in [3.63, 3.8) is 0 Å². The summed E-state index contributed by atoms with van der Waals surface area (Å²) >= 11 is 0. The van der Waals surface area contributed by atoms with Crippen molar-refractivity contribution in [2.45, 2.75) is 26.4 Å². The van der Waals surface area contributed by atoms with Crippen LogP contribution in [0.5, 0.6) is 0 Å². The first-order valence-electron chi connectivity index (χ1n) is 7.98. The topological polar surface area (TPSA) is 126 Å². The molecule has 10 heteroatoms. The molecule has 138 valence electrons. The number of hydrogen-bond donors (Lipinski definition) is 1. The summed E-state index contributed by atoms with van der Waals surface area (Å²) < 4.78 is 10.1. The fraction of sp³-hybridized carbons (Fsp3) is 0.667. The first-order valence-corrected chi connectivity index (χ1v) is 7.98. The normalized spacial score (nSPS) is 17.4. The molecule has 1 aromatic heterocycles. The van der Waals surface area contributed by atoms with Gasteiger partial charge in [0.1, 0.15) is 13.2 Å². The van der Waals surface area contributed by atoms with Gasteiger partial charge in [0, 0.05) is 20.1 Å². The van der Waals surface area contributed by atoms with Gasteiger partial charge in [0.25, 0.3) is 5.89 Å². The summed E-state index contributed by atoms with van der Waals surface area (Å²) in [7, 11) is 1.50. The van der Waals surface area contributed by atoms with E-state index in [1.54, 1.807) is 6.92 Å². The Hall–Kier alpha value is -2.49. The molecule has 25 heavy (non-hydrogen) atoms. The zero-order valence-corrected chi connectivity index (χ0v) is 14.3. The average Bonchev–Trinajstić information content (AvgIpc) is 3.00. The maximum absolute atomic E-state index is 12.2. The molecule has 0 saturated carbocycles. The maximum atomic E-state index is 12.2. The third kappa shape index (κ3) is 5.52. The number of carbonyl (C=O) groups is 3. The summed E-state index contributed by atoms with van der Waals surface area (Å²) in [5, 5.41) is 12.7. The summed E-state index contributed by atoms with van der Waals surface area (Å²) in [5.41, 5.74) is 0. The number of likely N-dealkylation sites (tertiary alicyclic amines) is 1. The van der Waals surface area contributed by atoms with E-state index in [1.807, 2.05) is 0 Å². The van der Waals surface area contributed by atoms with Gasteiger partial charge in [-0.05, 0) is 19.8 Å². The van der Waals surface area contributed by atoms with Gasteiger partial charge in [-0.1, -0.05) is 5.16 Å². The Labute approximate surface area is 144 Å². The van der Waals surface area contributed by atoms with E-state index < -0.39 is 11.9 Å². The van der Waals surface area contributed by atoms with E-state index in [9.17, 15) is 14.4 Å². The highest BCUT2D eigenvalue weighted by Crippen LogP contribution is 2.16. The Morgan fingerprint density at radius 1 is 1.44 bits per heavy atom. The average molecular weight is 354 g/mol. The molecule has 1 aliphatic heterocycles. The van der Waals surface area contributed by atoms with Crippen LogP contribution in [0.4, 0.5) is 0 Å². The predicted molar refractivity (Wildman–Crippen MR) is 83.3 cm³/mol. The van der Waals surface area contributed by atoms with E-state index in [0.717, 1.165) is 0 Å². The lowest BCUT2D eigenvalue weighted by molar-refractivity contribution is -0.148. The van der Waals surface area contributed by atoms with Crippen molar-refractivity contribution in [1.29, 1.82) is 0 Å². The highest BCUT2D eigenvalue weighted by atomic mass is 16.5. The fourth-order valence-corrected chi connectivity index (χ4v) is 2.53. The van der Waals surface area contributed by atoms with Crippen LogP contribution in [0, 0.1) is 12.8 Å². The van der Waals surface area contributed by atoms with Crippen LogP contribution < -0.4 is 0 Å². The Balaban J connectivity index is 1.74. The molecule has 1 aliphatic rings. The first kappa shape index (κ1) is 18.8. The van der Waals surface area contributed by atoms with Gasteiger partial charge in [-0.2, -0.15) is 4.98 Å². The lowest BCUT2D eigenvalue weighted by Gasteiger charge is -2.32. The molecule has 2 heterocycles. The standard InChI is InChI=1S/C15H22N4O6/c1-10-16-12(25-17-10)8-24-9-14(21)18(2)7-13(20)19-5-3-4-11(6-19)15(22)23/h11H,3-9H2,1-2H3,(H,22,23). The number of rotatable bonds is 7. The summed E-state index contributed by atoms with van der Waals surface area (Å²) in [4.78, 5) is 42.0. The maximum Gasteiger partial charge on any atom is 0.308 e. The van der Waals surface area contributed by atoms with Gasteiger partial charge in [-0.15, -0.1) is 0 Å². The number of piperidine rings is 1. The molecule has 2 amide bonds. The minimum atomic E-state index is -0.897. The van der Waals surface area contributed by atoms with Crippen molar-refractivity contribution in [2.24, 2.45) is 5.92 Å². The van der Waals surface area contributed by atoms with Crippen molar-refractivity contribution in [3.8, 4) is 0 Å². The molecule has 1 atom stereocenters. The van der Waals surface area contributed by atoms with Gasteiger partial charge in [0.05, 0.1) is 12.5 Å². The van der Waals surface area contributed by atoms with Crippen molar-refractivity contribution in [3.05, 3.63) is 11.7 Å². The van der Waals surface area contributed by atoms with E-state index in [-0.39, 0.29) is 44.0 Å². The fourth-order valence-electron chi connectivity index (χ4n) is 2.53. The van der Waals surface area contributed by atoms with Gasteiger partial charge in [-0.25, -0.2) is 0 Å². The molecule has 0 spiro atoms. The van der Waals surface area contributed by atoms with Crippen molar-refractivity contribution in [2.75, 3.05) is 33.3 Å². The Bertz CT molecular complexity index is 631. The molecule has 1 saturated heterocycles. The number of ether oxygens (including phenoxy) is 1. The van der Waals surface area contributed by atoms with Gasteiger partial charge < -0.3 is 24.2 Å². The SMILES string of the molecule is Cc1noc(COCC(=O)N(C)CC(=O)N2CCCC(C(=O)O)C2)n1. The lowest BCUT2D eigenvalue weighted by atomic mass is 9.98. The second-order valence-electron chi connectivity index (χ2n) is 6.00. The van der Waals surface area contributed by atoms with E-state index in [1.165, 1.54) is 16.8 Å². The summed E-state index contributed by atoms with van der Waals surface area (Å²) in [5.74, 6) is -1.32. The number of carboxylic acids is 1. The highest BCUT2D eigenvalue weighted by molar-refractivity contribution is 5.85. The third-order valence-electron chi connectivity index (χ3n) is 3.94. The molecular formula is C15H22N4O6. The zero-order chi connectivity index (χ0) is 18.4. The second-order valence-corrected chi connectivity index (χ2v) is 6.00. The Kier molecular flexibility index (Phi) is 6.45. The number of nitrogens with zero attached hydrogens (tertiary/aromatic N) is 4. The van der Waals surface area contributed by atoms with Crippen LogP contribution in [0.1, 0.15) is 24.6 Å². The Morgan fingerprint density at radius 2 is 2.20 bits per heavy atom. The molecule has 0 aliphatic carbocycles. The van der Waals surface area contributed by atoms with Crippen LogP contribution in [0.15, 0.2) is 4.52 Å². The van der Waals surface area contributed by atoms with Crippen molar-refractivity contribution < 1.29 is 28.8 Å². The first-order chi connectivity index (χ1) is 11.9. The number of aryl methyl sites for hydroxylation is 1. The van der Waals surface area contributed by atoms with Crippen LogP contribution >= 0.6 is 0 Å². The number of carbonyl (C=O) groups excluding carboxylic acids is 2. The molecule has 0 radical (unpaired) electrons. The molecule has 1 aromatic rings. The highest BCUT2D eigenvalue weighted by Gasteiger charge is 2.28. The van der Waals surface area contributed by atoms with Crippen LogP contribution in [0.2, 0.25) is 0 Å². The second kappa shape index (κ2) is 8.56. The van der Waals surface area contributed by atoms with E-state index in [0.29, 0.717) is 25.2 Å². The molecule has 0 aromatic carbocycles. The summed E-state index contributed by atoms with van der Waals surface area (Å²) in [6.07, 6.45) is 1.21. The number of aliphatic carboxylic acids is 1. The molecular weight excluding hydrogens is 332 g/mol. The molecule has 0 bridgehead atoms. The number of aromatic nitrogens is 2. The number of amides is 2. The molecule has 1 N–H and O–H groups in total. The molecule has 2 rings (SSSR count). The third-order valence-corrected chi connectivity index (χ3v) is 3.94. The lowest BCUT2D eigenvalue weighted by Crippen LogP contribution is -2.47. The van der Waals surface area contributed by atoms with Gasteiger partial charge >= 0.3 is 5.97 Å². The van der Waals surface area contributed by atoms with E-state index in [2.05, 4.69) is 10.1 Å². The smallest absolute Gasteiger partial charge is 0.308 e. The zero-order valence-electron chi connectivity index (χ0n) is 14.3. The van der Waals surface area contributed by atoms with Crippen LogP contribution in [-0.4, -0.2) is 76.1 Å². The van der Waals surface area contributed by atoms with Gasteiger partial charge in [0.15, 0.2) is 5.82 Å². The monoisotopic (exact) mass is 354 g/mol. The van der Waals surface area contributed by atoms with E-state index in [4.69, 9.17) is 14.4 Å². The predicted octanol–water partition coefficient (Wildman–Crippen LogP) is -0.324. The molecule has 10 nitrogen and oxygen atoms in total. The minimum absolute atomic E-state index is 0.0147. The largest absolute Gasteiger partial charge is 0.481 e. The van der Waals surface area contributed by atoms with Crippen LogP contribution in [0.25, 0.3) is 0 Å². The number of hydrogen-bond acceptors (Lipinski definition) is 7.